The fourth-order valence-corrected chi connectivity index (χ4v) is 8.32. The molecular weight excluding hydrogens is 963 g/mol. The second-order valence-electron chi connectivity index (χ2n) is 16.4. The fourth-order valence-electron chi connectivity index (χ4n) is 6.95. The maximum absolute atomic E-state index is 12.2. The van der Waals surface area contributed by atoms with E-state index in [-0.39, 0.29) is 67.8 Å². The molecule has 71 heavy (non-hydrogen) atoms. The fraction of sp³-hybridized carbons (Fsp3) is 0.286. The molecule has 1 unspecified atom stereocenters. The van der Waals surface area contributed by atoms with E-state index in [9.17, 15) is 37.2 Å². The second-order valence-corrected chi connectivity index (χ2v) is 19.6. The number of nitrogens with zero attached hydrogens (tertiary/aromatic N) is 14. The van der Waals surface area contributed by atoms with Crippen LogP contribution in [0.2, 0.25) is 0 Å². The Labute approximate surface area is 399 Å². The zero-order chi connectivity index (χ0) is 50.5. The van der Waals surface area contributed by atoms with E-state index in [1.165, 1.54) is 46.0 Å². The summed E-state index contributed by atoms with van der Waals surface area (Å²) in [6, 6.07) is 0.547. The van der Waals surface area contributed by atoms with Crippen LogP contribution in [0.4, 0.5) is 22.9 Å². The highest BCUT2D eigenvalue weighted by Gasteiger charge is 2.28. The molecule has 8 aromatic heterocycles. The van der Waals surface area contributed by atoms with Gasteiger partial charge in [-0.1, -0.05) is 0 Å². The Kier molecular flexibility index (Phi) is 12.2. The van der Waals surface area contributed by atoms with Crippen LogP contribution in [0, 0.1) is 26.6 Å². The number of aromatic hydroxyl groups is 2. The molecule has 1 atom stereocenters. The number of fused-ring (bicyclic) bond motifs is 3. The van der Waals surface area contributed by atoms with Gasteiger partial charge in [-0.3, -0.25) is 29.0 Å². The Morgan fingerprint density at radius 2 is 1.25 bits per heavy atom. The smallest absolute Gasteiger partial charge is 0.326 e. The normalized spacial score (nSPS) is 16.0. The van der Waals surface area contributed by atoms with Gasteiger partial charge in [0.1, 0.15) is 22.2 Å². The van der Waals surface area contributed by atoms with Crippen molar-refractivity contribution < 1.29 is 27.6 Å². The minimum Gasteiger partial charge on any atom is -0.493 e. The minimum absolute atomic E-state index is 0.0187. The molecule has 0 aliphatic heterocycles. The van der Waals surface area contributed by atoms with E-state index in [0.717, 1.165) is 51.1 Å². The lowest BCUT2D eigenvalue weighted by atomic mass is 10.3. The molecule has 3 aliphatic rings. The molecule has 8 heterocycles. The molecule has 29 heteroatoms. The number of sulfone groups is 1. The van der Waals surface area contributed by atoms with Crippen molar-refractivity contribution in [2.45, 2.75) is 73.6 Å². The Morgan fingerprint density at radius 3 is 1.69 bits per heavy atom. The van der Waals surface area contributed by atoms with Gasteiger partial charge in [0.15, 0.2) is 49.1 Å². The number of nitrogens with one attached hydrogen (secondary N) is 5. The highest BCUT2D eigenvalue weighted by Crippen LogP contribution is 2.34. The summed E-state index contributed by atoms with van der Waals surface area (Å²) in [5.41, 5.74) is 2.01. The highest BCUT2D eigenvalue weighted by atomic mass is 32.2. The molecular formula is C42H37N19O8S2. The lowest BCUT2D eigenvalue weighted by Gasteiger charge is -2.11. The third-order valence-corrected chi connectivity index (χ3v) is 12.6. The van der Waals surface area contributed by atoms with E-state index in [4.69, 9.17) is 19.7 Å². The van der Waals surface area contributed by atoms with Gasteiger partial charge in [-0.05, 0) is 57.6 Å². The number of aldehydes is 1. The highest BCUT2D eigenvalue weighted by molar-refractivity contribution is 7.90. The van der Waals surface area contributed by atoms with Crippen molar-refractivity contribution >= 4 is 78.9 Å². The molecule has 0 bridgehead atoms. The summed E-state index contributed by atoms with van der Waals surface area (Å²) in [5.74, 6) is -0.0410. The maximum Gasteiger partial charge on any atom is 0.326 e. The summed E-state index contributed by atoms with van der Waals surface area (Å²) in [6.07, 6.45) is 16.2. The van der Waals surface area contributed by atoms with Gasteiger partial charge in [-0.15, -0.1) is 0 Å². The van der Waals surface area contributed by atoms with Crippen LogP contribution in [0.5, 0.6) is 11.8 Å². The third-order valence-electron chi connectivity index (χ3n) is 10.8. The van der Waals surface area contributed by atoms with E-state index in [0.29, 0.717) is 56.0 Å². The predicted octanol–water partition coefficient (Wildman–Crippen LogP) is 0.342. The number of imidazole rings is 2. The zero-order valence-electron chi connectivity index (χ0n) is 37.4. The quantitative estimate of drug-likeness (QED) is 0.0583. The van der Waals surface area contributed by atoms with Crippen molar-refractivity contribution in [2.75, 3.05) is 17.8 Å². The van der Waals surface area contributed by atoms with Crippen molar-refractivity contribution in [1.29, 1.82) is 0 Å². The van der Waals surface area contributed by atoms with Gasteiger partial charge in [-0.25, -0.2) is 61.0 Å². The molecule has 0 amide bonds. The van der Waals surface area contributed by atoms with E-state index in [2.05, 4.69) is 80.0 Å². The number of anilines is 1. The summed E-state index contributed by atoms with van der Waals surface area (Å²) >= 11 is 0. The summed E-state index contributed by atoms with van der Waals surface area (Å²) < 4.78 is 40.7. The number of H-pyrrole nitrogens is 4. The number of rotatable bonds is 9. The first-order valence-corrected chi connectivity index (χ1v) is 24.7. The number of carbonyl (C=O) groups is 1. The third kappa shape index (κ3) is 9.52. The summed E-state index contributed by atoms with van der Waals surface area (Å²) in [5, 5.41) is 35.9. The largest absolute Gasteiger partial charge is 0.493 e. The Morgan fingerprint density at radius 1 is 0.746 bits per heavy atom. The summed E-state index contributed by atoms with van der Waals surface area (Å²) in [7, 11) is -5.29. The second kappa shape index (κ2) is 18.4. The molecule has 3 aliphatic carbocycles. The summed E-state index contributed by atoms with van der Waals surface area (Å²) in [4.78, 5) is 74.8. The Balaban J connectivity index is 0.000000135. The van der Waals surface area contributed by atoms with Crippen molar-refractivity contribution in [3.05, 3.63) is 118 Å². The van der Waals surface area contributed by atoms with Crippen molar-refractivity contribution in [3.8, 4) is 11.8 Å². The van der Waals surface area contributed by atoms with Crippen LogP contribution in [0.25, 0.3) is 43.6 Å². The topological polar surface area (TPSA) is 346 Å². The lowest BCUT2D eigenvalue weighted by Crippen LogP contribution is -2.22. The molecule has 27 nitrogen and oxygen atoms in total. The average molecular weight is 1000 g/mol. The zero-order valence-corrected chi connectivity index (χ0v) is 39.0. The van der Waals surface area contributed by atoms with Crippen LogP contribution >= 0.6 is 0 Å². The molecule has 0 spiro atoms. The van der Waals surface area contributed by atoms with Crippen molar-refractivity contribution in [1.82, 2.24) is 63.7 Å². The van der Waals surface area contributed by atoms with Gasteiger partial charge in [0.25, 0.3) is 11.4 Å². The van der Waals surface area contributed by atoms with Crippen LogP contribution < -0.4 is 38.1 Å². The lowest BCUT2D eigenvalue weighted by molar-refractivity contribution is 0.112. The molecule has 0 radical (unpaired) electrons. The van der Waals surface area contributed by atoms with Gasteiger partial charge in [0.05, 0.1) is 72.4 Å². The standard InChI is InChI=1S/C15H13N7O4S.C15H13N7O3S.C12H11N5O/c1-16-10-12(18-8-3-4-8)22-11(20-14(10)27(2,25)26)7(6-17-22)5-9-13(23)21-15(24)19-9;1-16-10-12(18-8-3-4-8)22-11(20-14(10)26(2)25)7(6-17-22)5-9-13(23)21-15(24)19-9;1-7-10(13-2)12(16-9-3-4-9)17-11(15-7)8(6-18)5-14-17/h5-6,8,23H,3-4H2,2H3,(H2,19,21,24);5-6,8,23H,3-4H2,2H3,(H2,19,21,24);5-6,9,16H,3-4H2,1H3. The average Bonchev–Trinajstić information content (AvgIpc) is 4.29. The number of carbonyl (C=O) groups excluding carboxylic acids is 1. The van der Waals surface area contributed by atoms with Crippen LogP contribution in [-0.2, 0) is 20.6 Å². The van der Waals surface area contributed by atoms with E-state index in [1.807, 2.05) is 0 Å². The van der Waals surface area contributed by atoms with Crippen LogP contribution in [-0.4, -0.2) is 123 Å². The van der Waals surface area contributed by atoms with Crippen LogP contribution in [0.15, 0.2) is 48.2 Å². The van der Waals surface area contributed by atoms with Gasteiger partial charge in [-0.2, -0.15) is 15.3 Å². The number of aryl methyl sites for hydroxylation is 1. The Hall–Kier alpha value is -9.14. The first-order chi connectivity index (χ1) is 34.0. The first kappa shape index (κ1) is 46.9. The molecule has 7 N–H and O–H groups in total. The van der Waals surface area contributed by atoms with E-state index < -0.39 is 32.0 Å². The van der Waals surface area contributed by atoms with Crippen LogP contribution in [0.3, 0.4) is 0 Å². The number of hydrogen-bond acceptors (Lipinski definition) is 17. The van der Waals surface area contributed by atoms with Gasteiger partial charge >= 0.3 is 11.4 Å². The number of aromatic amines is 4. The van der Waals surface area contributed by atoms with E-state index in [1.54, 1.807) is 11.4 Å². The maximum atomic E-state index is 12.2. The molecule has 0 saturated heterocycles. The van der Waals surface area contributed by atoms with Gasteiger partial charge in [0.2, 0.25) is 17.4 Å². The molecule has 3 saturated carbocycles. The van der Waals surface area contributed by atoms with Crippen molar-refractivity contribution in [2.24, 2.45) is 9.98 Å². The van der Waals surface area contributed by atoms with Gasteiger partial charge < -0.3 is 25.5 Å². The van der Waals surface area contributed by atoms with Gasteiger partial charge in [0, 0.05) is 29.0 Å². The first-order valence-electron chi connectivity index (χ1n) is 21.2. The van der Waals surface area contributed by atoms with Crippen molar-refractivity contribution in [3.63, 3.8) is 0 Å². The summed E-state index contributed by atoms with van der Waals surface area (Å²) in [6.45, 7) is 23.9. The molecule has 0 aromatic carbocycles. The molecule has 11 rings (SSSR count). The van der Waals surface area contributed by atoms with Crippen LogP contribution in [0.1, 0.15) is 66.0 Å². The minimum atomic E-state index is -3.80. The number of aromatic nitrogens is 13. The predicted molar refractivity (Wildman–Crippen MR) is 251 cm³/mol. The Bertz CT molecular complexity index is 4180. The number of hydrogen-bond donors (Lipinski definition) is 7. The van der Waals surface area contributed by atoms with E-state index >= 15 is 0 Å². The molecule has 3 fully saturated rings. The molecule has 360 valence electrons. The monoisotopic (exact) mass is 999 g/mol. The molecule has 8 aromatic rings. The SMILES string of the molecule is [C-]#[N+]c1c(C)nc2c(C=O)cnn2c1NC1CC1.[C-]#[N+]c1c(S(C)(=O)=O)nc2c(=Cc3[nH]c(=O)[nH]c3O)cnn2c1=NC1CC1.[C-]#[N+]c1c(S(C)=O)nc2c(=Cc3[nH]c(=O)[nH]c3O)cnn2c1=NC1CC1.